The van der Waals surface area contributed by atoms with Crippen LogP contribution in [0, 0.1) is 5.92 Å². The summed E-state index contributed by atoms with van der Waals surface area (Å²) >= 11 is 3.44. The number of hydrogen-bond acceptors (Lipinski definition) is 4. The molecular formula is C18H22BrNO4. The number of esters is 1. The molecule has 0 saturated carbocycles. The maximum absolute atomic E-state index is 11.7. The highest BCUT2D eigenvalue weighted by atomic mass is 79.9. The first-order valence-corrected chi connectivity index (χ1v) is 8.81. The van der Waals surface area contributed by atoms with Crippen molar-refractivity contribution in [3.63, 3.8) is 0 Å². The Kier molecular flexibility index (Phi) is 6.43. The summed E-state index contributed by atoms with van der Waals surface area (Å²) in [6.07, 6.45) is 3.04. The molecule has 2 rings (SSSR count). The molecule has 1 fully saturated rings. The minimum absolute atomic E-state index is 0.151. The summed E-state index contributed by atoms with van der Waals surface area (Å²) in [4.78, 5) is 25.0. The average molecular weight is 396 g/mol. The number of carboxylic acids is 1. The molecule has 130 valence electrons. The van der Waals surface area contributed by atoms with Crippen molar-refractivity contribution in [1.29, 1.82) is 0 Å². The highest BCUT2D eigenvalue weighted by Gasteiger charge is 2.26. The molecule has 1 atom stereocenters. The third kappa shape index (κ3) is 4.84. The normalized spacial score (nSPS) is 17.9. The molecule has 24 heavy (non-hydrogen) atoms. The lowest BCUT2D eigenvalue weighted by Gasteiger charge is -2.21. The number of ether oxygens (including phenoxy) is 1. The van der Waals surface area contributed by atoms with E-state index in [0.717, 1.165) is 35.2 Å². The summed E-state index contributed by atoms with van der Waals surface area (Å²) in [6.45, 7) is 5.42. The van der Waals surface area contributed by atoms with E-state index in [1.54, 1.807) is 13.0 Å². The molecule has 0 bridgehead atoms. The minimum atomic E-state index is -0.928. The van der Waals surface area contributed by atoms with Gasteiger partial charge in [-0.2, -0.15) is 0 Å². The van der Waals surface area contributed by atoms with Gasteiger partial charge in [-0.05, 0) is 56.0 Å². The van der Waals surface area contributed by atoms with E-state index in [1.165, 1.54) is 0 Å². The van der Waals surface area contributed by atoms with Crippen molar-refractivity contribution in [3.8, 4) is 0 Å². The fourth-order valence-corrected chi connectivity index (χ4v) is 3.28. The maximum atomic E-state index is 11.7. The van der Waals surface area contributed by atoms with Gasteiger partial charge in [0.1, 0.15) is 0 Å². The van der Waals surface area contributed by atoms with Gasteiger partial charge in [-0.1, -0.05) is 15.9 Å². The number of hydrogen-bond donors (Lipinski definition) is 1. The average Bonchev–Trinajstić information content (AvgIpc) is 2.95. The Morgan fingerprint density at radius 2 is 2.21 bits per heavy atom. The first-order chi connectivity index (χ1) is 11.4. The Labute approximate surface area is 150 Å². The molecule has 6 heteroatoms. The van der Waals surface area contributed by atoms with Crippen LogP contribution in [0.25, 0.3) is 6.08 Å². The van der Waals surface area contributed by atoms with Crippen LogP contribution in [0.4, 0.5) is 5.69 Å². The lowest BCUT2D eigenvalue weighted by atomic mass is 10.1. The van der Waals surface area contributed by atoms with E-state index >= 15 is 0 Å². The van der Waals surface area contributed by atoms with Crippen molar-refractivity contribution in [2.24, 2.45) is 5.92 Å². The number of aliphatic carboxylic acids is 1. The molecule has 1 heterocycles. The van der Waals surface area contributed by atoms with Gasteiger partial charge >= 0.3 is 11.9 Å². The lowest BCUT2D eigenvalue weighted by Crippen LogP contribution is -2.21. The molecule has 1 unspecified atom stereocenters. The highest BCUT2D eigenvalue weighted by Crippen LogP contribution is 2.32. The molecule has 5 nitrogen and oxygen atoms in total. The van der Waals surface area contributed by atoms with Gasteiger partial charge in [-0.3, -0.25) is 4.79 Å². The second kappa shape index (κ2) is 8.33. The molecule has 1 saturated heterocycles. The van der Waals surface area contributed by atoms with E-state index in [0.29, 0.717) is 13.0 Å². The third-order valence-electron chi connectivity index (χ3n) is 4.09. The monoisotopic (exact) mass is 395 g/mol. The molecule has 1 aliphatic rings. The molecule has 1 aromatic carbocycles. The zero-order valence-corrected chi connectivity index (χ0v) is 15.5. The third-order valence-corrected chi connectivity index (χ3v) is 4.58. The lowest BCUT2D eigenvalue weighted by molar-refractivity contribution is -0.144. The van der Waals surface area contributed by atoms with Crippen LogP contribution in [0.1, 0.15) is 32.3 Å². The predicted octanol–water partition coefficient (Wildman–Crippen LogP) is 3.72. The van der Waals surface area contributed by atoms with Crippen molar-refractivity contribution in [3.05, 3.63) is 33.8 Å². The number of halogens is 1. The van der Waals surface area contributed by atoms with E-state index in [9.17, 15) is 9.59 Å². The zero-order chi connectivity index (χ0) is 17.7. The molecule has 0 spiro atoms. The van der Waals surface area contributed by atoms with Crippen molar-refractivity contribution < 1.29 is 19.4 Å². The molecule has 0 aliphatic carbocycles. The molecule has 1 aromatic rings. The Morgan fingerprint density at radius 1 is 1.46 bits per heavy atom. The number of carbonyl (C=O) groups excluding carboxylic acids is 1. The van der Waals surface area contributed by atoms with E-state index < -0.39 is 5.97 Å². The molecule has 0 amide bonds. The largest absolute Gasteiger partial charge is 0.478 e. The summed E-state index contributed by atoms with van der Waals surface area (Å²) in [6, 6.07) is 5.85. The van der Waals surface area contributed by atoms with Crippen molar-refractivity contribution in [2.45, 2.75) is 26.7 Å². The van der Waals surface area contributed by atoms with E-state index in [-0.39, 0.29) is 17.5 Å². The van der Waals surface area contributed by atoms with Gasteiger partial charge in [0, 0.05) is 28.8 Å². The Bertz CT molecular complexity index is 656. The standard InChI is InChI=1S/C18H22BrNO4/c1-3-24-17(21)9-13-6-7-20(11-13)16-5-4-15(19)10-14(16)8-12(2)18(22)23/h4-5,8,10,13H,3,6-7,9,11H2,1-2H3,(H,22,23). The number of benzene rings is 1. The highest BCUT2D eigenvalue weighted by molar-refractivity contribution is 9.10. The van der Waals surface area contributed by atoms with Gasteiger partial charge in [-0.15, -0.1) is 0 Å². The van der Waals surface area contributed by atoms with Crippen LogP contribution in [0.5, 0.6) is 0 Å². The smallest absolute Gasteiger partial charge is 0.331 e. The summed E-state index contributed by atoms with van der Waals surface area (Å²) < 4.78 is 5.93. The molecule has 1 aliphatic heterocycles. The van der Waals surface area contributed by atoms with Crippen LogP contribution in [0.3, 0.4) is 0 Å². The van der Waals surface area contributed by atoms with Gasteiger partial charge < -0.3 is 14.7 Å². The van der Waals surface area contributed by atoms with Gasteiger partial charge in [-0.25, -0.2) is 4.79 Å². The van der Waals surface area contributed by atoms with E-state index in [1.807, 2.05) is 25.1 Å². The van der Waals surface area contributed by atoms with Crippen LogP contribution >= 0.6 is 15.9 Å². The van der Waals surface area contributed by atoms with Gasteiger partial charge in [0.2, 0.25) is 0 Å². The Hall–Kier alpha value is -1.82. The van der Waals surface area contributed by atoms with Gasteiger partial charge in [0.15, 0.2) is 0 Å². The molecular weight excluding hydrogens is 374 g/mol. The van der Waals surface area contributed by atoms with Crippen LogP contribution < -0.4 is 4.90 Å². The maximum Gasteiger partial charge on any atom is 0.331 e. The SMILES string of the molecule is CCOC(=O)CC1CCN(c2ccc(Br)cc2C=C(C)C(=O)O)C1. The summed E-state index contributed by atoms with van der Waals surface area (Å²) in [5, 5.41) is 9.12. The fraction of sp³-hybridized carbons (Fsp3) is 0.444. The molecule has 1 N–H and O–H groups in total. The quantitative estimate of drug-likeness (QED) is 0.587. The van der Waals surface area contributed by atoms with Crippen LogP contribution in [-0.4, -0.2) is 36.7 Å². The zero-order valence-electron chi connectivity index (χ0n) is 13.9. The molecule has 0 radical (unpaired) electrons. The number of anilines is 1. The Balaban J connectivity index is 2.16. The fourth-order valence-electron chi connectivity index (χ4n) is 2.90. The van der Waals surface area contributed by atoms with Gasteiger partial charge in [0.25, 0.3) is 0 Å². The second-order valence-electron chi connectivity index (χ2n) is 5.95. The predicted molar refractivity (Wildman–Crippen MR) is 97.0 cm³/mol. The van der Waals surface area contributed by atoms with E-state index in [4.69, 9.17) is 9.84 Å². The summed E-state index contributed by atoms with van der Waals surface area (Å²) in [7, 11) is 0. The number of carbonyl (C=O) groups is 2. The van der Waals surface area contributed by atoms with Crippen molar-refractivity contribution in [2.75, 3.05) is 24.6 Å². The Morgan fingerprint density at radius 3 is 2.88 bits per heavy atom. The number of carboxylic acid groups (broad SMARTS) is 1. The van der Waals surface area contributed by atoms with Crippen LogP contribution in [0.15, 0.2) is 28.2 Å². The van der Waals surface area contributed by atoms with Crippen LogP contribution in [0.2, 0.25) is 0 Å². The minimum Gasteiger partial charge on any atom is -0.478 e. The van der Waals surface area contributed by atoms with Crippen molar-refractivity contribution in [1.82, 2.24) is 0 Å². The number of nitrogens with zero attached hydrogens (tertiary/aromatic N) is 1. The topological polar surface area (TPSA) is 66.8 Å². The first-order valence-electron chi connectivity index (χ1n) is 8.02. The van der Waals surface area contributed by atoms with Crippen molar-refractivity contribution >= 4 is 39.6 Å². The van der Waals surface area contributed by atoms with Gasteiger partial charge in [0.05, 0.1) is 13.0 Å². The first kappa shape index (κ1) is 18.5. The molecule has 0 aromatic heterocycles. The summed E-state index contributed by atoms with van der Waals surface area (Å²) in [5.74, 6) is -0.811. The van der Waals surface area contributed by atoms with Crippen LogP contribution in [-0.2, 0) is 14.3 Å². The second-order valence-corrected chi connectivity index (χ2v) is 6.86. The summed E-state index contributed by atoms with van der Waals surface area (Å²) in [5.41, 5.74) is 2.14. The number of rotatable bonds is 6. The van der Waals surface area contributed by atoms with E-state index in [2.05, 4.69) is 20.8 Å².